The summed E-state index contributed by atoms with van der Waals surface area (Å²) in [6.07, 6.45) is -4.33. The predicted octanol–water partition coefficient (Wildman–Crippen LogP) is 4.77. The first-order valence-corrected chi connectivity index (χ1v) is 10.6. The van der Waals surface area contributed by atoms with Gasteiger partial charge in [0.05, 0.1) is 26.9 Å². The number of likely N-dealkylation sites (tertiary alicyclic amines) is 1. The van der Waals surface area contributed by atoms with Crippen molar-refractivity contribution in [3.63, 3.8) is 0 Å². The number of carbonyl (C=O) groups excluding carboxylic acids is 1. The summed E-state index contributed by atoms with van der Waals surface area (Å²) in [5.74, 6) is -0.143. The van der Waals surface area contributed by atoms with Crippen molar-refractivity contribution in [2.75, 3.05) is 13.1 Å². The summed E-state index contributed by atoms with van der Waals surface area (Å²) >= 11 is 1.48. The standard InChI is InChI=1S/C22H18F3N3O2S/c1-12-26-20-19(31-12)17-10-13(21(30)27-9-8-16(29)11-27)2-7-18(17)28(20)15-5-3-14(4-6-15)22(23,24)25/h2-7,10,16,29H,8-9,11H2,1H3/t16-/m1/s1. The molecule has 5 nitrogen and oxygen atoms in total. The van der Waals surface area contributed by atoms with Gasteiger partial charge < -0.3 is 10.0 Å². The van der Waals surface area contributed by atoms with E-state index in [1.165, 1.54) is 23.5 Å². The summed E-state index contributed by atoms with van der Waals surface area (Å²) in [5.41, 5.74) is 1.79. The average molecular weight is 445 g/mol. The van der Waals surface area contributed by atoms with Crippen LogP contribution in [0.4, 0.5) is 13.2 Å². The van der Waals surface area contributed by atoms with Crippen molar-refractivity contribution in [1.82, 2.24) is 14.5 Å². The zero-order valence-corrected chi connectivity index (χ0v) is 17.3. The molecule has 160 valence electrons. The highest BCUT2D eigenvalue weighted by molar-refractivity contribution is 7.19. The lowest BCUT2D eigenvalue weighted by Crippen LogP contribution is -2.29. The van der Waals surface area contributed by atoms with Crippen LogP contribution in [0.5, 0.6) is 0 Å². The summed E-state index contributed by atoms with van der Waals surface area (Å²) < 4.78 is 41.6. The number of hydrogen-bond acceptors (Lipinski definition) is 4. The first-order valence-electron chi connectivity index (χ1n) is 9.79. The Morgan fingerprint density at radius 2 is 1.94 bits per heavy atom. The van der Waals surface area contributed by atoms with Crippen LogP contribution in [-0.4, -0.2) is 44.7 Å². The molecule has 1 amide bonds. The van der Waals surface area contributed by atoms with E-state index in [1.54, 1.807) is 17.0 Å². The smallest absolute Gasteiger partial charge is 0.391 e. The third kappa shape index (κ3) is 3.37. The molecule has 0 unspecified atom stereocenters. The Morgan fingerprint density at radius 3 is 2.58 bits per heavy atom. The fraction of sp³-hybridized carbons (Fsp3) is 0.273. The Bertz CT molecular complexity index is 1310. The highest BCUT2D eigenvalue weighted by Crippen LogP contribution is 2.37. The van der Waals surface area contributed by atoms with Gasteiger partial charge in [-0.15, -0.1) is 11.3 Å². The molecule has 1 N–H and O–H groups in total. The van der Waals surface area contributed by atoms with Crippen LogP contribution in [0.25, 0.3) is 26.9 Å². The second kappa shape index (κ2) is 7.06. The minimum absolute atomic E-state index is 0.143. The van der Waals surface area contributed by atoms with Gasteiger partial charge in [0, 0.05) is 29.7 Å². The molecule has 4 aromatic rings. The number of benzene rings is 2. The number of hydrogen-bond donors (Lipinski definition) is 1. The van der Waals surface area contributed by atoms with E-state index in [1.807, 2.05) is 17.6 Å². The van der Waals surface area contributed by atoms with Gasteiger partial charge in [-0.2, -0.15) is 13.2 Å². The maximum atomic E-state index is 13.0. The molecular weight excluding hydrogens is 427 g/mol. The van der Waals surface area contributed by atoms with Crippen molar-refractivity contribution in [3.05, 3.63) is 58.6 Å². The molecule has 3 heterocycles. The highest BCUT2D eigenvalue weighted by Gasteiger charge is 2.30. The molecule has 9 heteroatoms. The van der Waals surface area contributed by atoms with Crippen molar-refractivity contribution in [2.45, 2.75) is 25.6 Å². The first kappa shape index (κ1) is 20.0. The van der Waals surface area contributed by atoms with Crippen LogP contribution < -0.4 is 0 Å². The van der Waals surface area contributed by atoms with Crippen molar-refractivity contribution in [1.29, 1.82) is 0 Å². The monoisotopic (exact) mass is 445 g/mol. The lowest BCUT2D eigenvalue weighted by molar-refractivity contribution is -0.137. The Morgan fingerprint density at radius 1 is 1.19 bits per heavy atom. The molecule has 1 saturated heterocycles. The van der Waals surface area contributed by atoms with Crippen LogP contribution in [-0.2, 0) is 6.18 Å². The molecule has 0 bridgehead atoms. The van der Waals surface area contributed by atoms with Crippen LogP contribution in [0.2, 0.25) is 0 Å². The van der Waals surface area contributed by atoms with Crippen LogP contribution in [0.3, 0.4) is 0 Å². The molecule has 1 aliphatic heterocycles. The summed E-state index contributed by atoms with van der Waals surface area (Å²) in [5, 5.41) is 11.4. The summed E-state index contributed by atoms with van der Waals surface area (Å²) in [6.45, 7) is 2.70. The third-order valence-electron chi connectivity index (χ3n) is 5.56. The molecule has 31 heavy (non-hydrogen) atoms. The Kier molecular flexibility index (Phi) is 4.56. The van der Waals surface area contributed by atoms with E-state index in [0.29, 0.717) is 36.4 Å². The fourth-order valence-corrected chi connectivity index (χ4v) is 5.00. The van der Waals surface area contributed by atoms with Gasteiger partial charge >= 0.3 is 6.18 Å². The van der Waals surface area contributed by atoms with Crippen molar-refractivity contribution in [2.24, 2.45) is 0 Å². The third-order valence-corrected chi connectivity index (χ3v) is 6.55. The Balaban J connectivity index is 1.64. The number of fused-ring (bicyclic) bond motifs is 3. The van der Waals surface area contributed by atoms with E-state index in [2.05, 4.69) is 4.98 Å². The van der Waals surface area contributed by atoms with E-state index in [0.717, 1.165) is 32.7 Å². The van der Waals surface area contributed by atoms with Gasteiger partial charge in [0.1, 0.15) is 0 Å². The number of rotatable bonds is 2. The van der Waals surface area contributed by atoms with Gasteiger partial charge in [0.25, 0.3) is 5.91 Å². The number of thiazole rings is 1. The molecule has 1 fully saturated rings. The van der Waals surface area contributed by atoms with Crippen LogP contribution in [0.1, 0.15) is 27.3 Å². The Hall–Kier alpha value is -2.91. The normalized spacial score (nSPS) is 17.2. The molecule has 2 aromatic carbocycles. The number of aryl methyl sites for hydroxylation is 1. The molecular formula is C22H18F3N3O2S. The van der Waals surface area contributed by atoms with Gasteiger partial charge in [-0.3, -0.25) is 9.36 Å². The number of nitrogens with zero attached hydrogens (tertiary/aromatic N) is 3. The number of alkyl halides is 3. The van der Waals surface area contributed by atoms with Crippen LogP contribution in [0, 0.1) is 6.92 Å². The van der Waals surface area contributed by atoms with Crippen molar-refractivity contribution in [3.8, 4) is 5.69 Å². The number of amides is 1. The largest absolute Gasteiger partial charge is 0.416 e. The highest BCUT2D eigenvalue weighted by atomic mass is 32.1. The van der Waals surface area contributed by atoms with E-state index >= 15 is 0 Å². The van der Waals surface area contributed by atoms with E-state index in [9.17, 15) is 23.1 Å². The number of carbonyl (C=O) groups is 1. The molecule has 0 saturated carbocycles. The lowest BCUT2D eigenvalue weighted by atomic mass is 10.1. The zero-order valence-electron chi connectivity index (χ0n) is 16.5. The number of aliphatic hydroxyl groups excluding tert-OH is 1. The molecule has 5 rings (SSSR count). The summed E-state index contributed by atoms with van der Waals surface area (Å²) in [6, 6.07) is 10.3. The SMILES string of the molecule is Cc1nc2c(s1)c1cc(C(=O)N3CC[C@@H](O)C3)ccc1n2-c1ccc(C(F)(F)F)cc1. The number of aliphatic hydroxyl groups is 1. The van der Waals surface area contributed by atoms with E-state index in [-0.39, 0.29) is 5.91 Å². The van der Waals surface area contributed by atoms with Crippen LogP contribution in [0.15, 0.2) is 42.5 Å². The predicted molar refractivity (Wildman–Crippen MR) is 113 cm³/mol. The quantitative estimate of drug-likeness (QED) is 0.483. The van der Waals surface area contributed by atoms with Gasteiger partial charge in [-0.25, -0.2) is 4.98 Å². The second-order valence-corrected chi connectivity index (χ2v) is 8.89. The van der Waals surface area contributed by atoms with Crippen molar-refractivity contribution < 1.29 is 23.1 Å². The fourth-order valence-electron chi connectivity index (χ4n) is 4.07. The summed E-state index contributed by atoms with van der Waals surface area (Å²) in [7, 11) is 0. The molecule has 0 spiro atoms. The van der Waals surface area contributed by atoms with Gasteiger partial charge in [0.2, 0.25) is 0 Å². The summed E-state index contributed by atoms with van der Waals surface area (Å²) in [4.78, 5) is 19.1. The van der Waals surface area contributed by atoms with Crippen molar-refractivity contribution >= 4 is 38.5 Å². The minimum atomic E-state index is -4.40. The Labute approximate surface area is 179 Å². The number of β-amino-alcohol motifs (C(OH)–C–C–N with tert-alkyl or cyclic N) is 1. The second-order valence-electron chi connectivity index (χ2n) is 7.69. The average Bonchev–Trinajstić information content (AvgIpc) is 3.40. The lowest BCUT2D eigenvalue weighted by Gasteiger charge is -2.15. The molecule has 0 aliphatic carbocycles. The topological polar surface area (TPSA) is 58.4 Å². The number of aromatic nitrogens is 2. The zero-order chi connectivity index (χ0) is 21.9. The van der Waals surface area contributed by atoms with Crippen LogP contribution >= 0.6 is 11.3 Å². The molecule has 1 aliphatic rings. The first-order chi connectivity index (χ1) is 14.7. The van der Waals surface area contributed by atoms with E-state index < -0.39 is 17.8 Å². The molecule has 1 atom stereocenters. The van der Waals surface area contributed by atoms with Gasteiger partial charge in [0.15, 0.2) is 5.65 Å². The maximum Gasteiger partial charge on any atom is 0.416 e. The van der Waals surface area contributed by atoms with E-state index in [4.69, 9.17) is 0 Å². The van der Waals surface area contributed by atoms with Gasteiger partial charge in [-0.05, 0) is 55.8 Å². The maximum absolute atomic E-state index is 13.0. The van der Waals surface area contributed by atoms with Gasteiger partial charge in [-0.1, -0.05) is 0 Å². The minimum Gasteiger partial charge on any atom is -0.391 e. The molecule has 0 radical (unpaired) electrons. The number of halogens is 3. The molecule has 2 aromatic heterocycles.